The van der Waals surface area contributed by atoms with E-state index in [0.29, 0.717) is 23.3 Å². The first-order valence-corrected chi connectivity index (χ1v) is 8.60. The molecule has 126 valence electrons. The highest BCUT2D eigenvalue weighted by Crippen LogP contribution is 2.25. The van der Waals surface area contributed by atoms with Crippen molar-refractivity contribution in [3.63, 3.8) is 0 Å². The number of nitrogens with zero attached hydrogens (tertiary/aromatic N) is 3. The summed E-state index contributed by atoms with van der Waals surface area (Å²) in [5, 5.41) is 7.55. The van der Waals surface area contributed by atoms with Crippen LogP contribution in [-0.4, -0.2) is 25.7 Å². The van der Waals surface area contributed by atoms with Gasteiger partial charge in [-0.05, 0) is 26.3 Å². The number of nitrogens with one attached hydrogen (secondary N) is 2. The van der Waals surface area contributed by atoms with E-state index in [1.807, 2.05) is 20.8 Å². The Balaban J connectivity index is 1.69. The molecule has 0 aliphatic carbocycles. The summed E-state index contributed by atoms with van der Waals surface area (Å²) in [6, 6.07) is 0. The van der Waals surface area contributed by atoms with Gasteiger partial charge in [-0.3, -0.25) is 14.3 Å². The number of rotatable bonds is 5. The zero-order chi connectivity index (χ0) is 17.3. The Kier molecular flexibility index (Phi) is 4.48. The highest BCUT2D eigenvalue weighted by Gasteiger charge is 2.13. The molecule has 0 spiro atoms. The Morgan fingerprint density at radius 3 is 2.92 bits per heavy atom. The number of amides is 1. The first-order chi connectivity index (χ1) is 11.5. The minimum absolute atomic E-state index is 0.132. The number of fused-ring (bicyclic) bond motifs is 1. The minimum Gasteiger partial charge on any atom is -0.323 e. The number of H-pyrrole nitrogens is 1. The van der Waals surface area contributed by atoms with E-state index in [4.69, 9.17) is 0 Å². The third-order valence-electron chi connectivity index (χ3n) is 3.92. The van der Waals surface area contributed by atoms with E-state index >= 15 is 0 Å². The fourth-order valence-corrected chi connectivity index (χ4v) is 3.52. The Morgan fingerprint density at radius 2 is 2.21 bits per heavy atom. The van der Waals surface area contributed by atoms with E-state index in [0.717, 1.165) is 21.8 Å². The van der Waals surface area contributed by atoms with Crippen molar-refractivity contribution >= 4 is 33.1 Å². The number of hydrogen-bond acceptors (Lipinski definition) is 5. The lowest BCUT2D eigenvalue weighted by Crippen LogP contribution is -2.16. The van der Waals surface area contributed by atoms with Gasteiger partial charge in [0.05, 0.1) is 17.3 Å². The van der Waals surface area contributed by atoms with Crippen LogP contribution in [0.1, 0.15) is 29.6 Å². The molecular formula is C16H19N5O2S. The van der Waals surface area contributed by atoms with Gasteiger partial charge in [-0.1, -0.05) is 0 Å². The van der Waals surface area contributed by atoms with Crippen molar-refractivity contribution in [1.82, 2.24) is 19.7 Å². The monoisotopic (exact) mass is 345 g/mol. The van der Waals surface area contributed by atoms with E-state index in [1.54, 1.807) is 17.1 Å². The van der Waals surface area contributed by atoms with Crippen molar-refractivity contribution in [1.29, 1.82) is 0 Å². The summed E-state index contributed by atoms with van der Waals surface area (Å²) in [6.45, 7) is 6.63. The molecule has 0 atom stereocenters. The van der Waals surface area contributed by atoms with Crippen molar-refractivity contribution < 1.29 is 4.79 Å². The van der Waals surface area contributed by atoms with E-state index in [2.05, 4.69) is 20.4 Å². The Hall–Kier alpha value is -2.48. The van der Waals surface area contributed by atoms with Crippen LogP contribution in [0.3, 0.4) is 0 Å². The number of thiophene rings is 1. The third kappa shape index (κ3) is 3.23. The molecule has 8 heteroatoms. The van der Waals surface area contributed by atoms with Crippen LogP contribution in [-0.2, 0) is 17.8 Å². The van der Waals surface area contributed by atoms with Gasteiger partial charge in [0.2, 0.25) is 5.91 Å². The predicted molar refractivity (Wildman–Crippen MR) is 94.6 cm³/mol. The lowest BCUT2D eigenvalue weighted by molar-refractivity contribution is -0.116. The van der Waals surface area contributed by atoms with E-state index < -0.39 is 0 Å². The minimum atomic E-state index is -0.138. The number of carbonyl (C=O) groups is 1. The van der Waals surface area contributed by atoms with E-state index in [9.17, 15) is 9.59 Å². The topological polar surface area (TPSA) is 92.7 Å². The van der Waals surface area contributed by atoms with Crippen molar-refractivity contribution in [2.24, 2.45) is 0 Å². The number of hydrogen-bond donors (Lipinski definition) is 2. The van der Waals surface area contributed by atoms with Crippen molar-refractivity contribution in [2.75, 3.05) is 5.32 Å². The largest absolute Gasteiger partial charge is 0.323 e. The first kappa shape index (κ1) is 16.4. The van der Waals surface area contributed by atoms with Gasteiger partial charge < -0.3 is 10.3 Å². The summed E-state index contributed by atoms with van der Waals surface area (Å²) in [5.41, 5.74) is 1.51. The Morgan fingerprint density at radius 1 is 1.42 bits per heavy atom. The molecule has 0 fully saturated rings. The summed E-state index contributed by atoms with van der Waals surface area (Å²) in [5.74, 6) is 0.403. The second-order valence-electron chi connectivity index (χ2n) is 5.61. The second kappa shape index (κ2) is 6.56. The molecule has 0 bridgehead atoms. The fourth-order valence-electron chi connectivity index (χ4n) is 2.47. The molecule has 0 saturated heterocycles. The normalized spacial score (nSPS) is 11.1. The van der Waals surface area contributed by atoms with E-state index in [-0.39, 0.29) is 17.9 Å². The molecule has 1 amide bonds. The van der Waals surface area contributed by atoms with Crippen LogP contribution in [0.2, 0.25) is 0 Å². The molecule has 3 aromatic heterocycles. The standard InChI is InChI=1S/C16H19N5O2S/c1-4-21-8-11(7-17-21)18-13(22)6-5-12-19-15(23)14-9(2)10(3)24-16(14)20-12/h7-8H,4-6H2,1-3H3,(H,18,22)(H,19,20,23). The highest BCUT2D eigenvalue weighted by molar-refractivity contribution is 7.18. The van der Waals surface area contributed by atoms with E-state index in [1.165, 1.54) is 11.3 Å². The number of aromatic nitrogens is 4. The second-order valence-corrected chi connectivity index (χ2v) is 6.81. The van der Waals surface area contributed by atoms with Crippen molar-refractivity contribution in [3.05, 3.63) is 39.0 Å². The predicted octanol–water partition coefficient (Wildman–Crippen LogP) is 2.39. The number of aromatic amines is 1. The molecule has 0 aliphatic heterocycles. The average Bonchev–Trinajstić information content (AvgIpc) is 3.10. The molecule has 24 heavy (non-hydrogen) atoms. The number of aryl methyl sites for hydroxylation is 4. The van der Waals surface area contributed by atoms with Crippen LogP contribution in [0.5, 0.6) is 0 Å². The van der Waals surface area contributed by atoms with Gasteiger partial charge in [0.15, 0.2) is 0 Å². The smallest absolute Gasteiger partial charge is 0.259 e. The Labute approximate surface area is 142 Å². The molecule has 0 unspecified atom stereocenters. The van der Waals surface area contributed by atoms with Crippen LogP contribution in [0.25, 0.3) is 10.2 Å². The van der Waals surface area contributed by atoms with Gasteiger partial charge in [-0.2, -0.15) is 5.10 Å². The highest BCUT2D eigenvalue weighted by atomic mass is 32.1. The zero-order valence-corrected chi connectivity index (χ0v) is 14.7. The molecule has 3 heterocycles. The van der Waals surface area contributed by atoms with Crippen LogP contribution < -0.4 is 10.9 Å². The summed E-state index contributed by atoms with van der Waals surface area (Å²) in [4.78, 5) is 33.3. The maximum atomic E-state index is 12.2. The summed E-state index contributed by atoms with van der Waals surface area (Å²) >= 11 is 1.51. The molecule has 3 rings (SSSR count). The van der Waals surface area contributed by atoms with Crippen LogP contribution in [0, 0.1) is 13.8 Å². The van der Waals surface area contributed by atoms with Gasteiger partial charge in [0.25, 0.3) is 5.56 Å². The van der Waals surface area contributed by atoms with Gasteiger partial charge in [0, 0.05) is 30.5 Å². The quantitative estimate of drug-likeness (QED) is 0.742. The lowest BCUT2D eigenvalue weighted by Gasteiger charge is -2.03. The lowest BCUT2D eigenvalue weighted by atomic mass is 10.2. The van der Waals surface area contributed by atoms with Gasteiger partial charge >= 0.3 is 0 Å². The molecular weight excluding hydrogens is 326 g/mol. The van der Waals surface area contributed by atoms with Crippen molar-refractivity contribution in [3.8, 4) is 0 Å². The fraction of sp³-hybridized carbons (Fsp3) is 0.375. The van der Waals surface area contributed by atoms with Gasteiger partial charge in [-0.25, -0.2) is 4.98 Å². The van der Waals surface area contributed by atoms with Gasteiger partial charge in [-0.15, -0.1) is 11.3 Å². The molecule has 0 saturated carbocycles. The van der Waals surface area contributed by atoms with Crippen LogP contribution in [0.4, 0.5) is 5.69 Å². The summed E-state index contributed by atoms with van der Waals surface area (Å²) < 4.78 is 1.74. The summed E-state index contributed by atoms with van der Waals surface area (Å²) in [6.07, 6.45) is 4.02. The third-order valence-corrected chi connectivity index (χ3v) is 5.02. The number of carbonyl (C=O) groups excluding carboxylic acids is 1. The Bertz CT molecular complexity index is 953. The molecule has 3 aromatic rings. The molecule has 0 radical (unpaired) electrons. The average molecular weight is 345 g/mol. The van der Waals surface area contributed by atoms with Crippen molar-refractivity contribution in [2.45, 2.75) is 40.2 Å². The first-order valence-electron chi connectivity index (χ1n) is 7.79. The summed E-state index contributed by atoms with van der Waals surface area (Å²) in [7, 11) is 0. The molecule has 0 aliphatic rings. The maximum absolute atomic E-state index is 12.2. The molecule has 7 nitrogen and oxygen atoms in total. The van der Waals surface area contributed by atoms with Crippen LogP contribution in [0.15, 0.2) is 17.2 Å². The van der Waals surface area contributed by atoms with Crippen LogP contribution >= 0.6 is 11.3 Å². The number of anilines is 1. The zero-order valence-electron chi connectivity index (χ0n) is 13.8. The molecule has 2 N–H and O–H groups in total. The van der Waals surface area contributed by atoms with Gasteiger partial charge in [0.1, 0.15) is 10.7 Å². The SMILES string of the molecule is CCn1cc(NC(=O)CCc2nc3sc(C)c(C)c3c(=O)[nH]2)cn1. The molecule has 0 aromatic carbocycles. The maximum Gasteiger partial charge on any atom is 0.259 e.